The molecule has 0 radical (unpaired) electrons. The second-order valence-electron chi connectivity index (χ2n) is 7.32. The summed E-state index contributed by atoms with van der Waals surface area (Å²) in [6.45, 7) is 9.77. The standard InChI is InChI=1S/C20H26ClN3O2S/c1-13(2)9-22-19(25)17-12-27-18(23-17)11-24(10-14(3)4)20(26)15-6-5-7-16(21)8-15/h5-8,12-14H,9-11H2,1-4H3,(H,22,25). The van der Waals surface area contributed by atoms with E-state index in [1.54, 1.807) is 34.5 Å². The maximum absolute atomic E-state index is 12.9. The van der Waals surface area contributed by atoms with Gasteiger partial charge in [-0.3, -0.25) is 9.59 Å². The Labute approximate surface area is 169 Å². The predicted octanol–water partition coefficient (Wildman–Crippen LogP) is 4.48. The number of halogens is 1. The van der Waals surface area contributed by atoms with Crippen LogP contribution in [0.3, 0.4) is 0 Å². The molecule has 2 amide bonds. The van der Waals surface area contributed by atoms with Crippen LogP contribution >= 0.6 is 22.9 Å². The van der Waals surface area contributed by atoms with E-state index in [0.29, 0.717) is 47.8 Å². The number of carbonyl (C=O) groups is 2. The van der Waals surface area contributed by atoms with Gasteiger partial charge in [0.1, 0.15) is 10.7 Å². The van der Waals surface area contributed by atoms with Crippen LogP contribution in [0, 0.1) is 11.8 Å². The molecule has 27 heavy (non-hydrogen) atoms. The van der Waals surface area contributed by atoms with Crippen molar-refractivity contribution in [1.82, 2.24) is 15.2 Å². The molecule has 0 unspecified atom stereocenters. The molecular formula is C20H26ClN3O2S. The molecule has 0 saturated heterocycles. The van der Waals surface area contributed by atoms with Crippen LogP contribution in [-0.4, -0.2) is 34.8 Å². The minimum Gasteiger partial charge on any atom is -0.350 e. The summed E-state index contributed by atoms with van der Waals surface area (Å²) in [6, 6.07) is 6.94. The number of rotatable bonds is 8. The first-order valence-corrected chi connectivity index (χ1v) is 10.3. The van der Waals surface area contributed by atoms with Crippen molar-refractivity contribution in [2.45, 2.75) is 34.2 Å². The lowest BCUT2D eigenvalue weighted by Crippen LogP contribution is -2.34. The molecule has 146 valence electrons. The van der Waals surface area contributed by atoms with Gasteiger partial charge < -0.3 is 10.2 Å². The lowest BCUT2D eigenvalue weighted by Gasteiger charge is -2.23. The molecule has 7 heteroatoms. The number of nitrogens with one attached hydrogen (secondary N) is 1. The van der Waals surface area contributed by atoms with E-state index in [2.05, 4.69) is 24.1 Å². The van der Waals surface area contributed by atoms with Gasteiger partial charge in [-0.05, 0) is 30.0 Å². The fourth-order valence-electron chi connectivity index (χ4n) is 2.50. The van der Waals surface area contributed by atoms with Gasteiger partial charge in [-0.1, -0.05) is 45.4 Å². The van der Waals surface area contributed by atoms with Gasteiger partial charge in [-0.25, -0.2) is 4.98 Å². The Hall–Kier alpha value is -1.92. The van der Waals surface area contributed by atoms with Crippen LogP contribution in [0.25, 0.3) is 0 Å². The van der Waals surface area contributed by atoms with Gasteiger partial charge >= 0.3 is 0 Å². The minimum absolute atomic E-state index is 0.0905. The van der Waals surface area contributed by atoms with E-state index < -0.39 is 0 Å². The summed E-state index contributed by atoms with van der Waals surface area (Å²) in [6.07, 6.45) is 0. The highest BCUT2D eigenvalue weighted by Crippen LogP contribution is 2.18. The first kappa shape index (κ1) is 21.4. The van der Waals surface area contributed by atoms with Crippen molar-refractivity contribution in [3.63, 3.8) is 0 Å². The van der Waals surface area contributed by atoms with E-state index in [0.717, 1.165) is 5.01 Å². The molecule has 2 rings (SSSR count). The quantitative estimate of drug-likeness (QED) is 0.701. The first-order chi connectivity index (χ1) is 12.8. The van der Waals surface area contributed by atoms with Crippen LogP contribution in [0.5, 0.6) is 0 Å². The fraction of sp³-hybridized carbons (Fsp3) is 0.450. The lowest BCUT2D eigenvalue weighted by atomic mass is 10.1. The maximum Gasteiger partial charge on any atom is 0.270 e. The van der Waals surface area contributed by atoms with Gasteiger partial charge in [0.15, 0.2) is 0 Å². The monoisotopic (exact) mass is 407 g/mol. The summed E-state index contributed by atoms with van der Waals surface area (Å²) in [5.41, 5.74) is 0.949. The molecular weight excluding hydrogens is 382 g/mol. The normalized spacial score (nSPS) is 11.1. The van der Waals surface area contributed by atoms with E-state index in [4.69, 9.17) is 11.6 Å². The second kappa shape index (κ2) is 9.85. The Morgan fingerprint density at radius 3 is 2.59 bits per heavy atom. The second-order valence-corrected chi connectivity index (χ2v) is 8.70. The SMILES string of the molecule is CC(C)CNC(=O)c1csc(CN(CC(C)C)C(=O)c2cccc(Cl)c2)n1. The fourth-order valence-corrected chi connectivity index (χ4v) is 3.48. The number of hydrogen-bond acceptors (Lipinski definition) is 4. The van der Waals surface area contributed by atoms with E-state index >= 15 is 0 Å². The number of nitrogens with zero attached hydrogens (tertiary/aromatic N) is 2. The molecule has 0 fully saturated rings. The lowest BCUT2D eigenvalue weighted by molar-refractivity contribution is 0.0722. The summed E-state index contributed by atoms with van der Waals surface area (Å²) < 4.78 is 0. The number of thiazole rings is 1. The maximum atomic E-state index is 12.9. The molecule has 0 aliphatic carbocycles. The van der Waals surface area contributed by atoms with Crippen LogP contribution in [0.15, 0.2) is 29.6 Å². The third-order valence-corrected chi connectivity index (χ3v) is 4.79. The van der Waals surface area contributed by atoms with Crippen molar-refractivity contribution in [3.8, 4) is 0 Å². The average Bonchev–Trinajstić information content (AvgIpc) is 3.06. The predicted molar refractivity (Wildman–Crippen MR) is 110 cm³/mol. The van der Waals surface area contributed by atoms with Crippen LogP contribution in [0.2, 0.25) is 5.02 Å². The van der Waals surface area contributed by atoms with Crippen LogP contribution in [-0.2, 0) is 6.54 Å². The molecule has 0 spiro atoms. The van der Waals surface area contributed by atoms with Gasteiger partial charge in [-0.2, -0.15) is 0 Å². The smallest absolute Gasteiger partial charge is 0.270 e. The van der Waals surface area contributed by atoms with Crippen molar-refractivity contribution in [3.05, 3.63) is 50.9 Å². The van der Waals surface area contributed by atoms with Crippen LogP contribution in [0.1, 0.15) is 53.5 Å². The Balaban J connectivity index is 2.12. The summed E-state index contributed by atoms with van der Waals surface area (Å²) in [4.78, 5) is 31.2. The van der Waals surface area contributed by atoms with Crippen molar-refractivity contribution < 1.29 is 9.59 Å². The Morgan fingerprint density at radius 2 is 1.96 bits per heavy atom. The molecule has 1 heterocycles. The minimum atomic E-state index is -0.178. The van der Waals surface area contributed by atoms with Gasteiger partial charge in [0.05, 0.1) is 6.54 Å². The number of carbonyl (C=O) groups excluding carboxylic acids is 2. The molecule has 1 aromatic heterocycles. The molecule has 1 aromatic carbocycles. The zero-order chi connectivity index (χ0) is 20.0. The van der Waals surface area contributed by atoms with E-state index in [-0.39, 0.29) is 11.8 Å². The topological polar surface area (TPSA) is 62.3 Å². The highest BCUT2D eigenvalue weighted by molar-refractivity contribution is 7.09. The molecule has 0 atom stereocenters. The summed E-state index contributed by atoms with van der Waals surface area (Å²) >= 11 is 7.42. The summed E-state index contributed by atoms with van der Waals surface area (Å²) in [5, 5.41) is 5.87. The van der Waals surface area contributed by atoms with Crippen molar-refractivity contribution in [2.75, 3.05) is 13.1 Å². The summed E-state index contributed by atoms with van der Waals surface area (Å²) in [7, 11) is 0. The third-order valence-electron chi connectivity index (χ3n) is 3.73. The molecule has 0 aliphatic rings. The number of aromatic nitrogens is 1. The van der Waals surface area contributed by atoms with Crippen molar-refractivity contribution in [2.24, 2.45) is 11.8 Å². The highest BCUT2D eigenvalue weighted by atomic mass is 35.5. The van der Waals surface area contributed by atoms with Gasteiger partial charge in [0, 0.05) is 29.1 Å². The first-order valence-electron chi connectivity index (χ1n) is 9.03. The zero-order valence-electron chi connectivity index (χ0n) is 16.2. The zero-order valence-corrected chi connectivity index (χ0v) is 17.7. The van der Waals surface area contributed by atoms with E-state index in [9.17, 15) is 9.59 Å². The third kappa shape index (κ3) is 6.63. The molecule has 2 aromatic rings. The van der Waals surface area contributed by atoms with Gasteiger partial charge in [0.25, 0.3) is 11.8 Å². The number of hydrogen-bond donors (Lipinski definition) is 1. The van der Waals surface area contributed by atoms with Gasteiger partial charge in [0.2, 0.25) is 0 Å². The molecule has 1 N–H and O–H groups in total. The van der Waals surface area contributed by atoms with Crippen LogP contribution in [0.4, 0.5) is 0 Å². The highest BCUT2D eigenvalue weighted by Gasteiger charge is 2.20. The average molecular weight is 408 g/mol. The molecule has 0 aliphatic heterocycles. The largest absolute Gasteiger partial charge is 0.350 e. The molecule has 5 nitrogen and oxygen atoms in total. The number of benzene rings is 1. The van der Waals surface area contributed by atoms with E-state index in [1.807, 2.05) is 13.8 Å². The van der Waals surface area contributed by atoms with E-state index in [1.165, 1.54) is 11.3 Å². The van der Waals surface area contributed by atoms with Crippen molar-refractivity contribution in [1.29, 1.82) is 0 Å². The number of amides is 2. The molecule has 0 bridgehead atoms. The Bertz CT molecular complexity index is 789. The molecule has 0 saturated carbocycles. The van der Waals surface area contributed by atoms with Crippen molar-refractivity contribution >= 4 is 34.8 Å². The van der Waals surface area contributed by atoms with Crippen LogP contribution < -0.4 is 5.32 Å². The Kier molecular flexibility index (Phi) is 7.80. The Morgan fingerprint density at radius 1 is 1.22 bits per heavy atom. The van der Waals surface area contributed by atoms with Gasteiger partial charge in [-0.15, -0.1) is 11.3 Å². The summed E-state index contributed by atoms with van der Waals surface area (Å²) in [5.74, 6) is 0.417.